The van der Waals surface area contributed by atoms with E-state index in [2.05, 4.69) is 19.9 Å². The molecule has 12 heteroatoms. The van der Waals surface area contributed by atoms with Gasteiger partial charge in [0.15, 0.2) is 5.82 Å². The average Bonchev–Trinajstić information content (AvgIpc) is 2.86. The molecular weight excluding hydrogens is 530 g/mol. The van der Waals surface area contributed by atoms with Crippen LogP contribution < -0.4 is 10.3 Å². The van der Waals surface area contributed by atoms with Crippen LogP contribution in [0.1, 0.15) is 35.6 Å². The predicted octanol–water partition coefficient (Wildman–Crippen LogP) is 4.16. The minimum absolute atomic E-state index is 0.0161. The maximum absolute atomic E-state index is 13.9. The fourth-order valence-electron chi connectivity index (χ4n) is 4.29. The third kappa shape index (κ3) is 5.22. The number of pyridine rings is 3. The molecule has 200 valence electrons. The van der Waals surface area contributed by atoms with Crippen LogP contribution in [0.5, 0.6) is 5.75 Å². The van der Waals surface area contributed by atoms with Gasteiger partial charge < -0.3 is 9.64 Å². The largest absolute Gasteiger partial charge is 0.485 e. The lowest BCUT2D eigenvalue weighted by Gasteiger charge is -2.37. The number of rotatable bonds is 6. The van der Waals surface area contributed by atoms with Gasteiger partial charge in [0, 0.05) is 50.2 Å². The maximum Gasteiger partial charge on any atom is 0.277 e. The second kappa shape index (κ2) is 10.5. The quantitative estimate of drug-likeness (QED) is 0.354. The van der Waals surface area contributed by atoms with Crippen LogP contribution in [0, 0.1) is 25.5 Å². The van der Waals surface area contributed by atoms with Crippen molar-refractivity contribution < 1.29 is 18.3 Å². The molecule has 5 rings (SSSR count). The van der Waals surface area contributed by atoms with Gasteiger partial charge in [-0.15, -0.1) is 0 Å². The fourth-order valence-corrected chi connectivity index (χ4v) is 4.48. The minimum atomic E-state index is -0.863. The zero-order chi connectivity index (χ0) is 27.8. The van der Waals surface area contributed by atoms with Crippen molar-refractivity contribution in [2.75, 3.05) is 13.1 Å². The van der Waals surface area contributed by atoms with Crippen LogP contribution in [0.4, 0.5) is 8.78 Å². The lowest BCUT2D eigenvalue weighted by molar-refractivity contribution is -0.133. The summed E-state index contributed by atoms with van der Waals surface area (Å²) in [4.78, 5) is 43.8. The van der Waals surface area contributed by atoms with E-state index >= 15 is 0 Å². The monoisotopic (exact) mass is 552 g/mol. The number of ether oxygens (including phenoxy) is 1. The zero-order valence-corrected chi connectivity index (χ0v) is 22.0. The Hall–Kier alpha value is -4.25. The number of hydrogen-bond donors (Lipinski definition) is 0. The van der Waals surface area contributed by atoms with Crippen LogP contribution in [0.2, 0.25) is 5.02 Å². The normalized spacial score (nSPS) is 13.3. The molecule has 0 atom stereocenters. The molecule has 1 amide bonds. The smallest absolute Gasteiger partial charge is 0.277 e. The molecule has 0 spiro atoms. The molecule has 0 unspecified atom stereocenters. The summed E-state index contributed by atoms with van der Waals surface area (Å²) in [5.41, 5.74) is 2.22. The first-order valence-electron chi connectivity index (χ1n) is 12.0. The first-order chi connectivity index (χ1) is 18.6. The molecule has 5 heterocycles. The second-order valence-corrected chi connectivity index (χ2v) is 9.63. The molecule has 0 saturated carbocycles. The van der Waals surface area contributed by atoms with Crippen LogP contribution in [-0.2, 0) is 11.4 Å². The number of hydrogen-bond acceptors (Lipinski definition) is 7. The molecule has 0 aromatic carbocycles. The SMILES string of the molecule is CC(=O)N1CC(c2nccc(-c3cc(-n4c(C)cc(OCc5ncc(F)cc5F)c(Cl)c4=O)c(C)cn3)n2)C1. The first-order valence-corrected chi connectivity index (χ1v) is 12.4. The lowest BCUT2D eigenvalue weighted by Crippen LogP contribution is -2.48. The second-order valence-electron chi connectivity index (χ2n) is 9.25. The molecule has 0 N–H and O–H groups in total. The summed E-state index contributed by atoms with van der Waals surface area (Å²) in [6.07, 6.45) is 4.17. The topological polar surface area (TPSA) is 103 Å². The van der Waals surface area contributed by atoms with E-state index in [-0.39, 0.29) is 34.9 Å². The summed E-state index contributed by atoms with van der Waals surface area (Å²) in [6.45, 7) is 5.85. The van der Waals surface area contributed by atoms with Crippen molar-refractivity contribution in [3.05, 3.63) is 92.6 Å². The van der Waals surface area contributed by atoms with Crippen LogP contribution in [-0.4, -0.2) is 48.4 Å². The fraction of sp³-hybridized carbons (Fsp3) is 0.259. The zero-order valence-electron chi connectivity index (χ0n) is 21.3. The Kier molecular flexibility index (Phi) is 7.09. The Balaban J connectivity index is 1.44. The van der Waals surface area contributed by atoms with Gasteiger partial charge in [0.1, 0.15) is 34.7 Å². The predicted molar refractivity (Wildman–Crippen MR) is 139 cm³/mol. The summed E-state index contributed by atoms with van der Waals surface area (Å²) < 4.78 is 34.1. The Labute approximate surface area is 227 Å². The summed E-state index contributed by atoms with van der Waals surface area (Å²) in [5, 5.41) is -0.204. The molecule has 0 aliphatic carbocycles. The Morgan fingerprint density at radius 1 is 1.10 bits per heavy atom. The van der Waals surface area contributed by atoms with Gasteiger partial charge in [0.25, 0.3) is 5.56 Å². The summed E-state index contributed by atoms with van der Waals surface area (Å²) in [6, 6.07) is 5.74. The molecule has 9 nitrogen and oxygen atoms in total. The van der Waals surface area contributed by atoms with Crippen LogP contribution in [0.25, 0.3) is 17.1 Å². The number of halogens is 3. The highest BCUT2D eigenvalue weighted by atomic mass is 35.5. The number of amides is 1. The van der Waals surface area contributed by atoms with E-state index in [9.17, 15) is 18.4 Å². The first kappa shape index (κ1) is 26.4. The molecule has 1 saturated heterocycles. The van der Waals surface area contributed by atoms with Crippen LogP contribution in [0.3, 0.4) is 0 Å². The van der Waals surface area contributed by atoms with E-state index in [1.165, 1.54) is 11.5 Å². The average molecular weight is 553 g/mol. The van der Waals surface area contributed by atoms with E-state index in [0.29, 0.717) is 47.7 Å². The number of nitrogens with zero attached hydrogens (tertiary/aromatic N) is 6. The highest BCUT2D eigenvalue weighted by molar-refractivity contribution is 6.31. The van der Waals surface area contributed by atoms with Crippen molar-refractivity contribution in [1.29, 1.82) is 0 Å². The van der Waals surface area contributed by atoms with E-state index in [0.717, 1.165) is 11.8 Å². The summed E-state index contributed by atoms with van der Waals surface area (Å²) in [5.74, 6) is -0.929. The van der Waals surface area contributed by atoms with Gasteiger partial charge in [-0.05, 0) is 31.5 Å². The molecule has 1 fully saturated rings. The number of carbonyl (C=O) groups excluding carboxylic acids is 1. The van der Waals surface area contributed by atoms with Crippen molar-refractivity contribution in [2.24, 2.45) is 0 Å². The molecule has 1 aliphatic rings. The number of likely N-dealkylation sites (tertiary alicyclic amines) is 1. The van der Waals surface area contributed by atoms with Crippen molar-refractivity contribution in [3.8, 4) is 22.8 Å². The summed E-state index contributed by atoms with van der Waals surface area (Å²) >= 11 is 6.38. The van der Waals surface area contributed by atoms with E-state index in [1.807, 2.05) is 6.92 Å². The minimum Gasteiger partial charge on any atom is -0.485 e. The van der Waals surface area contributed by atoms with Crippen LogP contribution in [0.15, 0.2) is 47.7 Å². The van der Waals surface area contributed by atoms with Gasteiger partial charge in [-0.1, -0.05) is 11.6 Å². The molecular formula is C27H23ClF2N6O3. The Bertz CT molecular complexity index is 1660. The van der Waals surface area contributed by atoms with Crippen molar-refractivity contribution >= 4 is 17.5 Å². The van der Waals surface area contributed by atoms with Gasteiger partial charge in [0.2, 0.25) is 5.91 Å². The van der Waals surface area contributed by atoms with Gasteiger partial charge in [-0.2, -0.15) is 0 Å². The highest BCUT2D eigenvalue weighted by Gasteiger charge is 2.32. The van der Waals surface area contributed by atoms with Gasteiger partial charge in [-0.3, -0.25) is 24.1 Å². The van der Waals surface area contributed by atoms with Gasteiger partial charge in [-0.25, -0.2) is 18.7 Å². The van der Waals surface area contributed by atoms with Crippen molar-refractivity contribution in [2.45, 2.75) is 33.3 Å². The van der Waals surface area contributed by atoms with Crippen LogP contribution >= 0.6 is 11.6 Å². The number of aromatic nitrogens is 5. The Morgan fingerprint density at radius 3 is 2.59 bits per heavy atom. The van der Waals surface area contributed by atoms with E-state index in [1.54, 1.807) is 42.4 Å². The molecule has 4 aromatic rings. The molecule has 0 bridgehead atoms. The maximum atomic E-state index is 13.9. The van der Waals surface area contributed by atoms with E-state index in [4.69, 9.17) is 16.3 Å². The highest BCUT2D eigenvalue weighted by Crippen LogP contribution is 2.29. The standard InChI is InChI=1S/C27H23ClF2N6O3/c1-14-9-32-21(20-4-5-31-26(34-20)17-11-35(12-17)16(3)37)8-23(14)36-15(2)6-24(25(28)27(36)38)39-13-22-19(30)7-18(29)10-33-22/h4-10,17H,11-13H2,1-3H3. The van der Waals surface area contributed by atoms with E-state index < -0.39 is 17.2 Å². The molecule has 4 aromatic heterocycles. The van der Waals surface area contributed by atoms with Crippen molar-refractivity contribution in [3.63, 3.8) is 0 Å². The number of aryl methyl sites for hydroxylation is 2. The Morgan fingerprint density at radius 2 is 1.87 bits per heavy atom. The molecule has 39 heavy (non-hydrogen) atoms. The van der Waals surface area contributed by atoms with Gasteiger partial charge >= 0.3 is 0 Å². The summed E-state index contributed by atoms with van der Waals surface area (Å²) in [7, 11) is 0. The molecule has 0 radical (unpaired) electrons. The number of carbonyl (C=O) groups is 1. The van der Waals surface area contributed by atoms with Crippen molar-refractivity contribution in [1.82, 2.24) is 29.4 Å². The lowest BCUT2D eigenvalue weighted by atomic mass is 9.99. The third-order valence-corrected chi connectivity index (χ3v) is 6.84. The molecule has 1 aliphatic heterocycles. The third-order valence-electron chi connectivity index (χ3n) is 6.49. The van der Waals surface area contributed by atoms with Gasteiger partial charge in [0.05, 0.1) is 29.2 Å².